The van der Waals surface area contributed by atoms with Crippen molar-refractivity contribution < 1.29 is 19.4 Å². The summed E-state index contributed by atoms with van der Waals surface area (Å²) < 4.78 is 5.14. The third-order valence-electron chi connectivity index (χ3n) is 3.96. The molecule has 0 saturated carbocycles. The van der Waals surface area contributed by atoms with Crippen LogP contribution in [0.25, 0.3) is 0 Å². The summed E-state index contributed by atoms with van der Waals surface area (Å²) in [5.41, 5.74) is 1.82. The van der Waals surface area contributed by atoms with Crippen molar-refractivity contribution in [3.8, 4) is 5.75 Å². The van der Waals surface area contributed by atoms with Crippen molar-refractivity contribution in [2.24, 2.45) is 5.41 Å². The highest BCUT2D eigenvalue weighted by Crippen LogP contribution is 2.27. The van der Waals surface area contributed by atoms with E-state index in [-0.39, 0.29) is 5.91 Å². The molecule has 0 bridgehead atoms. The molecule has 138 valence electrons. The Bertz CT molecular complexity index is 817. The predicted molar refractivity (Wildman–Crippen MR) is 102 cm³/mol. The van der Waals surface area contributed by atoms with Crippen LogP contribution < -0.4 is 10.1 Å². The number of carboxylic acids is 1. The standard InChI is InChI=1S/C20H22ClNO4/c1-13-9-16(26-12-18(23)24)7-8-17(13)22-19(25)20(2,3)11-14-5-4-6-15(21)10-14/h4-10H,11-12H2,1-3H3,(H,22,25)(H,23,24). The van der Waals surface area contributed by atoms with Crippen LogP contribution in [0, 0.1) is 12.3 Å². The number of amides is 1. The van der Waals surface area contributed by atoms with Crippen LogP contribution in [-0.4, -0.2) is 23.6 Å². The van der Waals surface area contributed by atoms with Gasteiger partial charge in [-0.2, -0.15) is 0 Å². The minimum Gasteiger partial charge on any atom is -0.482 e. The summed E-state index contributed by atoms with van der Waals surface area (Å²) in [6, 6.07) is 12.5. The first-order valence-corrected chi connectivity index (χ1v) is 8.56. The van der Waals surface area contributed by atoms with Gasteiger partial charge in [-0.05, 0) is 54.8 Å². The van der Waals surface area contributed by atoms with Crippen LogP contribution >= 0.6 is 11.6 Å². The average molecular weight is 376 g/mol. The second-order valence-electron chi connectivity index (χ2n) is 6.80. The smallest absolute Gasteiger partial charge is 0.341 e. The number of rotatable bonds is 7. The van der Waals surface area contributed by atoms with Crippen molar-refractivity contribution in [1.82, 2.24) is 0 Å². The minimum absolute atomic E-state index is 0.111. The highest BCUT2D eigenvalue weighted by Gasteiger charge is 2.28. The zero-order chi connectivity index (χ0) is 19.3. The summed E-state index contributed by atoms with van der Waals surface area (Å²) in [6.45, 7) is 5.18. The van der Waals surface area contributed by atoms with Crippen molar-refractivity contribution in [1.29, 1.82) is 0 Å². The van der Waals surface area contributed by atoms with E-state index in [0.717, 1.165) is 11.1 Å². The molecular formula is C20H22ClNO4. The van der Waals surface area contributed by atoms with Crippen LogP contribution in [0.3, 0.4) is 0 Å². The predicted octanol–water partition coefficient (Wildman–Crippen LogP) is 4.32. The lowest BCUT2D eigenvalue weighted by molar-refractivity contribution is -0.139. The monoisotopic (exact) mass is 375 g/mol. The molecule has 5 nitrogen and oxygen atoms in total. The van der Waals surface area contributed by atoms with Gasteiger partial charge >= 0.3 is 5.97 Å². The van der Waals surface area contributed by atoms with Gasteiger partial charge in [0, 0.05) is 16.1 Å². The van der Waals surface area contributed by atoms with Gasteiger partial charge in [-0.1, -0.05) is 37.6 Å². The highest BCUT2D eigenvalue weighted by molar-refractivity contribution is 6.30. The lowest BCUT2D eigenvalue weighted by Gasteiger charge is -2.24. The maximum atomic E-state index is 12.7. The number of nitrogens with one attached hydrogen (secondary N) is 1. The van der Waals surface area contributed by atoms with Crippen molar-refractivity contribution in [2.45, 2.75) is 27.2 Å². The van der Waals surface area contributed by atoms with Gasteiger partial charge in [0.2, 0.25) is 5.91 Å². The van der Waals surface area contributed by atoms with Gasteiger partial charge < -0.3 is 15.2 Å². The molecule has 0 radical (unpaired) electrons. The number of carbonyl (C=O) groups is 2. The lowest BCUT2D eigenvalue weighted by atomic mass is 9.84. The molecule has 0 aromatic heterocycles. The Balaban J connectivity index is 2.06. The van der Waals surface area contributed by atoms with E-state index in [1.54, 1.807) is 24.3 Å². The summed E-state index contributed by atoms with van der Waals surface area (Å²) in [5, 5.41) is 12.2. The second kappa shape index (κ2) is 8.23. The quantitative estimate of drug-likeness (QED) is 0.755. The SMILES string of the molecule is Cc1cc(OCC(=O)O)ccc1NC(=O)C(C)(C)Cc1cccc(Cl)c1. The molecule has 0 aliphatic heterocycles. The number of carbonyl (C=O) groups excluding carboxylic acids is 1. The molecule has 0 aliphatic rings. The number of hydrogen-bond donors (Lipinski definition) is 2. The maximum Gasteiger partial charge on any atom is 0.341 e. The molecule has 0 saturated heterocycles. The largest absolute Gasteiger partial charge is 0.482 e. The fraction of sp³-hybridized carbons (Fsp3) is 0.300. The first kappa shape index (κ1) is 19.8. The molecular weight excluding hydrogens is 354 g/mol. The van der Waals surface area contributed by atoms with Gasteiger partial charge in [-0.3, -0.25) is 4.79 Å². The zero-order valence-electron chi connectivity index (χ0n) is 15.0. The van der Waals surface area contributed by atoms with Gasteiger partial charge in [-0.15, -0.1) is 0 Å². The van der Waals surface area contributed by atoms with E-state index in [1.165, 1.54) is 0 Å². The first-order valence-electron chi connectivity index (χ1n) is 8.18. The third kappa shape index (κ3) is 5.49. The van der Waals surface area contributed by atoms with Gasteiger partial charge in [0.25, 0.3) is 0 Å². The van der Waals surface area contributed by atoms with E-state index in [2.05, 4.69) is 5.32 Å². The Labute approximate surface area is 157 Å². The molecule has 2 aromatic carbocycles. The molecule has 0 atom stereocenters. The van der Waals surface area contributed by atoms with E-state index in [0.29, 0.717) is 22.9 Å². The number of hydrogen-bond acceptors (Lipinski definition) is 3. The summed E-state index contributed by atoms with van der Waals surface area (Å²) in [4.78, 5) is 23.3. The van der Waals surface area contributed by atoms with Crippen LogP contribution in [0.15, 0.2) is 42.5 Å². The van der Waals surface area contributed by atoms with Crippen LogP contribution in [0.4, 0.5) is 5.69 Å². The molecule has 0 aliphatic carbocycles. The molecule has 6 heteroatoms. The maximum absolute atomic E-state index is 12.7. The lowest BCUT2D eigenvalue weighted by Crippen LogP contribution is -2.33. The topological polar surface area (TPSA) is 75.6 Å². The van der Waals surface area contributed by atoms with E-state index < -0.39 is 18.0 Å². The van der Waals surface area contributed by atoms with Gasteiger partial charge in [0.05, 0.1) is 0 Å². The molecule has 2 rings (SSSR count). The van der Waals surface area contributed by atoms with E-state index in [4.69, 9.17) is 21.4 Å². The molecule has 0 heterocycles. The van der Waals surface area contributed by atoms with Crippen molar-refractivity contribution >= 4 is 29.2 Å². The van der Waals surface area contributed by atoms with Crippen molar-refractivity contribution in [3.63, 3.8) is 0 Å². The Morgan fingerprint density at radius 2 is 1.92 bits per heavy atom. The van der Waals surface area contributed by atoms with E-state index in [1.807, 2.05) is 39.0 Å². The van der Waals surface area contributed by atoms with Crippen LogP contribution in [0.2, 0.25) is 5.02 Å². The Kier molecular flexibility index (Phi) is 6.27. The number of ether oxygens (including phenoxy) is 1. The van der Waals surface area contributed by atoms with Gasteiger partial charge in [0.1, 0.15) is 5.75 Å². The molecule has 0 spiro atoms. The normalized spacial score (nSPS) is 11.1. The van der Waals surface area contributed by atoms with Crippen molar-refractivity contribution in [2.75, 3.05) is 11.9 Å². The Hall–Kier alpha value is -2.53. The number of carboxylic acid groups (broad SMARTS) is 1. The summed E-state index contributed by atoms with van der Waals surface area (Å²) in [7, 11) is 0. The third-order valence-corrected chi connectivity index (χ3v) is 4.19. The number of benzene rings is 2. The number of aliphatic carboxylic acids is 1. The molecule has 0 unspecified atom stereocenters. The van der Waals surface area contributed by atoms with E-state index >= 15 is 0 Å². The molecule has 2 N–H and O–H groups in total. The Morgan fingerprint density at radius 1 is 1.19 bits per heavy atom. The van der Waals surface area contributed by atoms with Crippen LogP contribution in [0.1, 0.15) is 25.0 Å². The van der Waals surface area contributed by atoms with Crippen molar-refractivity contribution in [3.05, 3.63) is 58.6 Å². The average Bonchev–Trinajstić information content (AvgIpc) is 2.54. The van der Waals surface area contributed by atoms with Gasteiger partial charge in [0.15, 0.2) is 6.61 Å². The summed E-state index contributed by atoms with van der Waals surface area (Å²) in [6.07, 6.45) is 0.554. The van der Waals surface area contributed by atoms with Crippen LogP contribution in [-0.2, 0) is 16.0 Å². The molecule has 1 amide bonds. The minimum atomic E-state index is -1.04. The number of aryl methyl sites for hydroxylation is 1. The fourth-order valence-electron chi connectivity index (χ4n) is 2.54. The molecule has 26 heavy (non-hydrogen) atoms. The van der Waals surface area contributed by atoms with Crippen LogP contribution in [0.5, 0.6) is 5.75 Å². The fourth-order valence-corrected chi connectivity index (χ4v) is 2.75. The number of halogens is 1. The zero-order valence-corrected chi connectivity index (χ0v) is 15.8. The van der Waals surface area contributed by atoms with Gasteiger partial charge in [-0.25, -0.2) is 4.79 Å². The number of anilines is 1. The summed E-state index contributed by atoms with van der Waals surface area (Å²) >= 11 is 6.01. The van der Waals surface area contributed by atoms with E-state index in [9.17, 15) is 9.59 Å². The second-order valence-corrected chi connectivity index (χ2v) is 7.24. The first-order chi connectivity index (χ1) is 12.2. The highest BCUT2D eigenvalue weighted by atomic mass is 35.5. The molecule has 0 fully saturated rings. The summed E-state index contributed by atoms with van der Waals surface area (Å²) in [5.74, 6) is -0.705. The Morgan fingerprint density at radius 3 is 2.54 bits per heavy atom. The molecule has 2 aromatic rings.